The number of nitrogens with zero attached hydrogens (tertiary/aromatic N) is 2. The van der Waals surface area contributed by atoms with Crippen LogP contribution in [0, 0.1) is 17.6 Å². The third kappa shape index (κ3) is 3.36. The molecule has 2 aliphatic heterocycles. The van der Waals surface area contributed by atoms with Gasteiger partial charge < -0.3 is 9.64 Å². The molecule has 1 aromatic rings. The zero-order valence-corrected chi connectivity index (χ0v) is 13.9. The topological polar surface area (TPSA) is 66.9 Å². The van der Waals surface area contributed by atoms with Crippen LogP contribution in [0.15, 0.2) is 18.2 Å². The molecular formula is C15H18F2N2O4S. The van der Waals surface area contributed by atoms with Gasteiger partial charge >= 0.3 is 0 Å². The Morgan fingerprint density at radius 3 is 2.79 bits per heavy atom. The van der Waals surface area contributed by atoms with Crippen molar-refractivity contribution in [3.63, 3.8) is 0 Å². The summed E-state index contributed by atoms with van der Waals surface area (Å²) in [6.45, 7) is 0.802. The van der Waals surface area contributed by atoms with Gasteiger partial charge in [0.15, 0.2) is 18.2 Å². The number of carbonyl (C=O) groups is 1. The number of carbonyl (C=O) groups excluding carboxylic acids is 1. The van der Waals surface area contributed by atoms with E-state index in [2.05, 4.69) is 0 Å². The van der Waals surface area contributed by atoms with Gasteiger partial charge in [-0.05, 0) is 24.5 Å². The summed E-state index contributed by atoms with van der Waals surface area (Å²) in [5, 5.41) is 0. The molecule has 1 aromatic carbocycles. The van der Waals surface area contributed by atoms with Gasteiger partial charge in [-0.3, -0.25) is 4.79 Å². The molecule has 2 saturated heterocycles. The number of likely N-dealkylation sites (tertiary alicyclic amines) is 1. The highest BCUT2D eigenvalue weighted by Crippen LogP contribution is 2.33. The molecule has 0 radical (unpaired) electrons. The molecule has 0 N–H and O–H groups in total. The van der Waals surface area contributed by atoms with Crippen molar-refractivity contribution in [1.82, 2.24) is 9.21 Å². The largest absolute Gasteiger partial charge is 0.481 e. The van der Waals surface area contributed by atoms with Gasteiger partial charge in [-0.2, -0.15) is 4.31 Å². The zero-order valence-electron chi connectivity index (χ0n) is 13.1. The standard InChI is InChI=1S/C15H18F2N2O4S/c1-24(21,22)19-5-4-10-7-18(8-13(10)19)15(20)9-23-14-6-11(16)2-3-12(14)17/h2-3,6,10,13H,4-5,7-9H2,1H3/t10-,13+/m1/s1. The average Bonchev–Trinajstić information content (AvgIpc) is 3.06. The first-order valence-electron chi connectivity index (χ1n) is 7.58. The number of ether oxygens (including phenoxy) is 1. The maximum Gasteiger partial charge on any atom is 0.260 e. The third-order valence-corrected chi connectivity index (χ3v) is 5.83. The third-order valence-electron chi connectivity index (χ3n) is 4.52. The van der Waals surface area contributed by atoms with Crippen molar-refractivity contribution in [3.8, 4) is 5.75 Å². The molecule has 2 heterocycles. The lowest BCUT2D eigenvalue weighted by atomic mass is 10.1. The highest BCUT2D eigenvalue weighted by Gasteiger charge is 2.46. The molecule has 2 atom stereocenters. The molecular weight excluding hydrogens is 342 g/mol. The Hall–Kier alpha value is -1.74. The van der Waals surface area contributed by atoms with E-state index < -0.39 is 28.3 Å². The van der Waals surface area contributed by atoms with E-state index in [-0.39, 0.29) is 23.6 Å². The monoisotopic (exact) mass is 360 g/mol. The SMILES string of the molecule is CS(=O)(=O)N1CC[C@@H]2CN(C(=O)COc3cc(F)ccc3F)C[C@@H]21. The molecule has 1 amide bonds. The second-order valence-corrected chi connectivity index (χ2v) is 8.09. The molecule has 0 aromatic heterocycles. The fraction of sp³-hybridized carbons (Fsp3) is 0.533. The molecule has 24 heavy (non-hydrogen) atoms. The number of halogens is 2. The van der Waals surface area contributed by atoms with Crippen molar-refractivity contribution >= 4 is 15.9 Å². The lowest BCUT2D eigenvalue weighted by Crippen LogP contribution is -2.41. The normalized spacial score (nSPS) is 24.2. The van der Waals surface area contributed by atoms with E-state index in [0.29, 0.717) is 26.1 Å². The molecule has 2 aliphatic rings. The minimum atomic E-state index is -3.30. The van der Waals surface area contributed by atoms with Crippen LogP contribution in [0.5, 0.6) is 5.75 Å². The van der Waals surface area contributed by atoms with Crippen molar-refractivity contribution in [2.45, 2.75) is 12.5 Å². The number of hydrogen-bond acceptors (Lipinski definition) is 4. The summed E-state index contributed by atoms with van der Waals surface area (Å²) in [6, 6.07) is 2.56. The van der Waals surface area contributed by atoms with Crippen molar-refractivity contribution in [2.75, 3.05) is 32.5 Å². The van der Waals surface area contributed by atoms with Crippen molar-refractivity contribution in [2.24, 2.45) is 5.92 Å². The van der Waals surface area contributed by atoms with Crippen molar-refractivity contribution in [1.29, 1.82) is 0 Å². The Labute approximate surface area is 139 Å². The summed E-state index contributed by atoms with van der Waals surface area (Å²) < 4.78 is 56.6. The fourth-order valence-electron chi connectivity index (χ4n) is 3.36. The van der Waals surface area contributed by atoms with E-state index in [1.165, 1.54) is 9.21 Å². The highest BCUT2D eigenvalue weighted by atomic mass is 32.2. The fourth-order valence-corrected chi connectivity index (χ4v) is 4.52. The Morgan fingerprint density at radius 2 is 2.08 bits per heavy atom. The second-order valence-electron chi connectivity index (χ2n) is 6.15. The first-order chi connectivity index (χ1) is 11.3. The van der Waals surface area contributed by atoms with E-state index in [1.54, 1.807) is 0 Å². The number of benzene rings is 1. The number of rotatable bonds is 4. The van der Waals surface area contributed by atoms with Gasteiger partial charge in [-0.25, -0.2) is 17.2 Å². The quantitative estimate of drug-likeness (QED) is 0.798. The van der Waals surface area contributed by atoms with Crippen LogP contribution in [0.1, 0.15) is 6.42 Å². The van der Waals surface area contributed by atoms with Crippen LogP contribution in [0.25, 0.3) is 0 Å². The van der Waals surface area contributed by atoms with E-state index in [0.717, 1.165) is 24.5 Å². The Bertz CT molecular complexity index is 756. The minimum Gasteiger partial charge on any atom is -0.481 e. The van der Waals surface area contributed by atoms with Crippen LogP contribution < -0.4 is 4.74 Å². The van der Waals surface area contributed by atoms with Crippen LogP contribution in [0.2, 0.25) is 0 Å². The molecule has 9 heteroatoms. The summed E-state index contributed by atoms with van der Waals surface area (Å²) in [5.74, 6) is -1.99. The van der Waals surface area contributed by atoms with Gasteiger partial charge in [-0.1, -0.05) is 0 Å². The number of hydrogen-bond donors (Lipinski definition) is 0. The maximum atomic E-state index is 13.5. The lowest BCUT2D eigenvalue weighted by Gasteiger charge is -2.22. The highest BCUT2D eigenvalue weighted by molar-refractivity contribution is 7.88. The van der Waals surface area contributed by atoms with Gasteiger partial charge in [0.05, 0.1) is 6.26 Å². The molecule has 6 nitrogen and oxygen atoms in total. The molecule has 3 rings (SSSR count). The predicted molar refractivity (Wildman–Crippen MR) is 81.9 cm³/mol. The van der Waals surface area contributed by atoms with Crippen molar-refractivity contribution in [3.05, 3.63) is 29.8 Å². The average molecular weight is 360 g/mol. The molecule has 0 unspecified atom stereocenters. The van der Waals surface area contributed by atoms with Gasteiger partial charge in [-0.15, -0.1) is 0 Å². The van der Waals surface area contributed by atoms with Gasteiger partial charge in [0.2, 0.25) is 10.0 Å². The Morgan fingerprint density at radius 1 is 1.33 bits per heavy atom. The van der Waals surface area contributed by atoms with Crippen LogP contribution in [-0.2, 0) is 14.8 Å². The molecule has 0 spiro atoms. The maximum absolute atomic E-state index is 13.5. The van der Waals surface area contributed by atoms with Gasteiger partial charge in [0.25, 0.3) is 5.91 Å². The molecule has 0 bridgehead atoms. The van der Waals surface area contributed by atoms with Crippen molar-refractivity contribution < 1.29 is 26.7 Å². The van der Waals surface area contributed by atoms with Crippen LogP contribution in [0.4, 0.5) is 8.78 Å². The molecule has 2 fully saturated rings. The van der Waals surface area contributed by atoms with E-state index in [1.807, 2.05) is 0 Å². The first kappa shape index (κ1) is 17.1. The zero-order chi connectivity index (χ0) is 17.5. The first-order valence-corrected chi connectivity index (χ1v) is 9.43. The van der Waals surface area contributed by atoms with Crippen LogP contribution in [0.3, 0.4) is 0 Å². The summed E-state index contributed by atoms with van der Waals surface area (Å²) in [5.41, 5.74) is 0. The summed E-state index contributed by atoms with van der Waals surface area (Å²) >= 11 is 0. The number of sulfonamides is 1. The van der Waals surface area contributed by atoms with E-state index >= 15 is 0 Å². The summed E-state index contributed by atoms with van der Waals surface area (Å²) in [7, 11) is -3.30. The van der Waals surface area contributed by atoms with Gasteiger partial charge in [0, 0.05) is 31.7 Å². The number of amides is 1. The Kier molecular flexibility index (Phi) is 4.48. The smallest absolute Gasteiger partial charge is 0.260 e. The van der Waals surface area contributed by atoms with E-state index in [4.69, 9.17) is 4.74 Å². The van der Waals surface area contributed by atoms with Crippen LogP contribution >= 0.6 is 0 Å². The molecule has 132 valence electrons. The summed E-state index contributed by atoms with van der Waals surface area (Å²) in [6.07, 6.45) is 1.87. The number of fused-ring (bicyclic) bond motifs is 1. The van der Waals surface area contributed by atoms with E-state index in [9.17, 15) is 22.0 Å². The second kappa shape index (κ2) is 6.29. The molecule has 0 saturated carbocycles. The minimum absolute atomic E-state index is 0.106. The van der Waals surface area contributed by atoms with Gasteiger partial charge in [0.1, 0.15) is 5.82 Å². The predicted octanol–water partition coefficient (Wildman–Crippen LogP) is 0.836. The lowest BCUT2D eigenvalue weighted by molar-refractivity contribution is -0.132. The Balaban J connectivity index is 1.60. The summed E-state index contributed by atoms with van der Waals surface area (Å²) in [4.78, 5) is 13.7. The molecule has 0 aliphatic carbocycles. The van der Waals surface area contributed by atoms with Crippen LogP contribution in [-0.4, -0.2) is 62.1 Å².